The fourth-order valence-electron chi connectivity index (χ4n) is 2.68. The van der Waals surface area contributed by atoms with Crippen LogP contribution in [0.2, 0.25) is 0 Å². The lowest BCUT2D eigenvalue weighted by Gasteiger charge is -2.19. The molecule has 1 aromatic heterocycles. The Balaban J connectivity index is 1.70. The van der Waals surface area contributed by atoms with Crippen LogP contribution in [0.1, 0.15) is 33.8 Å². The number of hydrogen-bond donors (Lipinski definition) is 1. The third kappa shape index (κ3) is 4.47. The van der Waals surface area contributed by atoms with Crippen LogP contribution < -0.4 is 5.32 Å². The van der Waals surface area contributed by atoms with E-state index in [-0.39, 0.29) is 30.0 Å². The number of aryl methyl sites for hydroxylation is 1. The Hall–Kier alpha value is -2.42. The quantitative estimate of drug-likeness (QED) is 0.776. The van der Waals surface area contributed by atoms with Gasteiger partial charge in [0.05, 0.1) is 12.5 Å². The van der Waals surface area contributed by atoms with Crippen LogP contribution in [0.25, 0.3) is 0 Å². The average molecular weight is 439 g/mol. The molecule has 0 radical (unpaired) electrons. The summed E-state index contributed by atoms with van der Waals surface area (Å²) >= 11 is 3.25. The molecule has 6 nitrogen and oxygen atoms in total. The van der Waals surface area contributed by atoms with E-state index in [9.17, 15) is 18.4 Å². The number of likely N-dealkylation sites (N-methyl/N-ethyl adjacent to an activating group) is 1. The molecule has 1 saturated carbocycles. The number of alkyl halides is 2. The first-order valence-corrected chi connectivity index (χ1v) is 8.98. The van der Waals surface area contributed by atoms with Gasteiger partial charge in [0.2, 0.25) is 11.9 Å². The van der Waals surface area contributed by atoms with Gasteiger partial charge in [-0.2, -0.15) is 0 Å². The monoisotopic (exact) mass is 438 g/mol. The maximum absolute atomic E-state index is 13.5. The van der Waals surface area contributed by atoms with E-state index in [1.54, 1.807) is 18.5 Å². The maximum atomic E-state index is 13.5. The van der Waals surface area contributed by atoms with Gasteiger partial charge in [0.15, 0.2) is 0 Å². The van der Waals surface area contributed by atoms with Crippen LogP contribution >= 0.6 is 15.9 Å². The number of nitrogens with zero attached hydrogens (tertiary/aromatic N) is 3. The maximum Gasteiger partial charge on any atom is 0.255 e. The van der Waals surface area contributed by atoms with Crippen LogP contribution in [0, 0.1) is 6.92 Å². The highest BCUT2D eigenvalue weighted by molar-refractivity contribution is 9.10. The van der Waals surface area contributed by atoms with E-state index in [0.29, 0.717) is 4.47 Å². The fraction of sp³-hybridized carbons (Fsp3) is 0.333. The highest BCUT2D eigenvalue weighted by Gasteiger charge is 2.58. The van der Waals surface area contributed by atoms with Crippen LogP contribution in [0.4, 0.5) is 14.7 Å². The van der Waals surface area contributed by atoms with Crippen molar-refractivity contribution in [1.82, 2.24) is 14.9 Å². The smallest absolute Gasteiger partial charge is 0.255 e. The predicted octanol–water partition coefficient (Wildman–Crippen LogP) is 3.38. The topological polar surface area (TPSA) is 75.2 Å². The zero-order valence-corrected chi connectivity index (χ0v) is 16.3. The molecule has 0 saturated heterocycles. The minimum Gasteiger partial charge on any atom is -0.332 e. The molecular formula is C18H17BrF2N4O2. The SMILES string of the molecule is Cc1cnc(NC(=O)CN(C)C(=O)c2ccc(Br)cc2C2CC2(F)F)nc1. The molecule has 0 bridgehead atoms. The number of carbonyl (C=O) groups is 2. The third-order valence-electron chi connectivity index (χ3n) is 4.21. The number of anilines is 1. The molecule has 1 aliphatic carbocycles. The molecule has 0 spiro atoms. The lowest BCUT2D eigenvalue weighted by Crippen LogP contribution is -2.35. The lowest BCUT2D eigenvalue weighted by molar-refractivity contribution is -0.116. The first kappa shape index (κ1) is 19.3. The lowest BCUT2D eigenvalue weighted by atomic mass is 10.0. The molecule has 142 valence electrons. The highest BCUT2D eigenvalue weighted by Crippen LogP contribution is 2.56. The standard InChI is InChI=1S/C18H17BrF2N4O2/c1-10-7-22-17(23-8-10)24-15(26)9-25(2)16(27)12-4-3-11(19)5-13(12)14-6-18(14,20)21/h3-5,7-8,14H,6,9H2,1-2H3,(H,22,23,24,26). The normalized spacial score (nSPS) is 17.3. The second-order valence-electron chi connectivity index (χ2n) is 6.54. The highest BCUT2D eigenvalue weighted by atomic mass is 79.9. The molecule has 1 atom stereocenters. The number of amides is 2. The molecule has 1 fully saturated rings. The van der Waals surface area contributed by atoms with Gasteiger partial charge in [0.1, 0.15) is 0 Å². The predicted molar refractivity (Wildman–Crippen MR) is 98.8 cm³/mol. The fourth-order valence-corrected chi connectivity index (χ4v) is 3.06. The van der Waals surface area contributed by atoms with Gasteiger partial charge in [0, 0.05) is 35.9 Å². The second-order valence-corrected chi connectivity index (χ2v) is 7.46. The molecule has 3 rings (SSSR count). The minimum atomic E-state index is -2.80. The number of carbonyl (C=O) groups excluding carboxylic acids is 2. The van der Waals surface area contributed by atoms with Gasteiger partial charge in [-0.15, -0.1) is 0 Å². The van der Waals surface area contributed by atoms with E-state index < -0.39 is 23.7 Å². The summed E-state index contributed by atoms with van der Waals surface area (Å²) in [5.74, 6) is -4.62. The van der Waals surface area contributed by atoms with Crippen molar-refractivity contribution >= 4 is 33.7 Å². The van der Waals surface area contributed by atoms with E-state index >= 15 is 0 Å². The van der Waals surface area contributed by atoms with Gasteiger partial charge in [-0.25, -0.2) is 18.7 Å². The van der Waals surface area contributed by atoms with Gasteiger partial charge >= 0.3 is 0 Å². The van der Waals surface area contributed by atoms with E-state index in [2.05, 4.69) is 31.2 Å². The number of aromatic nitrogens is 2. The molecule has 9 heteroatoms. The number of benzene rings is 1. The third-order valence-corrected chi connectivity index (χ3v) is 4.70. The van der Waals surface area contributed by atoms with Gasteiger partial charge in [-0.1, -0.05) is 15.9 Å². The molecule has 1 aromatic carbocycles. The Kier molecular flexibility index (Phi) is 5.23. The van der Waals surface area contributed by atoms with E-state index in [4.69, 9.17) is 0 Å². The minimum absolute atomic E-state index is 0.133. The van der Waals surface area contributed by atoms with Crippen molar-refractivity contribution in [3.8, 4) is 0 Å². The molecule has 1 unspecified atom stereocenters. The molecule has 1 N–H and O–H groups in total. The van der Waals surface area contributed by atoms with Crippen LogP contribution in [-0.2, 0) is 4.79 Å². The molecule has 2 aromatic rings. The van der Waals surface area contributed by atoms with Crippen LogP contribution in [0.5, 0.6) is 0 Å². The zero-order chi connectivity index (χ0) is 19.8. The average Bonchev–Trinajstić information content (AvgIpc) is 3.24. The van der Waals surface area contributed by atoms with E-state index in [1.165, 1.54) is 24.1 Å². The molecule has 1 aliphatic rings. The van der Waals surface area contributed by atoms with Gasteiger partial charge < -0.3 is 4.90 Å². The van der Waals surface area contributed by atoms with Crippen molar-refractivity contribution in [3.05, 3.63) is 51.8 Å². The summed E-state index contributed by atoms with van der Waals surface area (Å²) in [6, 6.07) is 4.64. The van der Waals surface area contributed by atoms with E-state index in [0.717, 1.165) is 5.56 Å². The summed E-state index contributed by atoms with van der Waals surface area (Å²) in [4.78, 5) is 33.9. The molecule has 2 amide bonds. The van der Waals surface area contributed by atoms with E-state index in [1.807, 2.05) is 6.92 Å². The Morgan fingerprint density at radius 1 is 1.33 bits per heavy atom. The summed E-state index contributed by atoms with van der Waals surface area (Å²) in [6.07, 6.45) is 2.83. The van der Waals surface area contributed by atoms with Crippen molar-refractivity contribution in [2.24, 2.45) is 0 Å². The Morgan fingerprint density at radius 3 is 2.56 bits per heavy atom. The number of nitrogens with one attached hydrogen (secondary N) is 1. The number of hydrogen-bond acceptors (Lipinski definition) is 4. The van der Waals surface area contributed by atoms with Crippen molar-refractivity contribution < 1.29 is 18.4 Å². The zero-order valence-electron chi connectivity index (χ0n) is 14.7. The Labute approximate surface area is 163 Å². The van der Waals surface area contributed by atoms with Crippen molar-refractivity contribution in [2.75, 3.05) is 18.9 Å². The summed E-state index contributed by atoms with van der Waals surface area (Å²) < 4.78 is 27.7. The Bertz CT molecular complexity index is 889. The van der Waals surface area contributed by atoms with Crippen molar-refractivity contribution in [2.45, 2.75) is 25.2 Å². The molecular weight excluding hydrogens is 422 g/mol. The first-order chi connectivity index (χ1) is 12.7. The Morgan fingerprint density at radius 2 is 1.96 bits per heavy atom. The second kappa shape index (κ2) is 7.30. The largest absolute Gasteiger partial charge is 0.332 e. The molecule has 1 heterocycles. The van der Waals surface area contributed by atoms with Crippen molar-refractivity contribution in [3.63, 3.8) is 0 Å². The van der Waals surface area contributed by atoms with Gasteiger partial charge in [-0.3, -0.25) is 14.9 Å². The number of rotatable bonds is 5. The van der Waals surface area contributed by atoms with Crippen LogP contribution in [0.15, 0.2) is 35.1 Å². The summed E-state index contributed by atoms with van der Waals surface area (Å²) in [5.41, 5.74) is 1.30. The molecule has 0 aliphatic heterocycles. The van der Waals surface area contributed by atoms with Crippen molar-refractivity contribution in [1.29, 1.82) is 0 Å². The summed E-state index contributed by atoms with van der Waals surface area (Å²) in [7, 11) is 1.44. The summed E-state index contributed by atoms with van der Waals surface area (Å²) in [5, 5.41) is 2.50. The van der Waals surface area contributed by atoms with Crippen LogP contribution in [0.3, 0.4) is 0 Å². The number of halogens is 3. The molecule has 27 heavy (non-hydrogen) atoms. The summed E-state index contributed by atoms with van der Waals surface area (Å²) in [6.45, 7) is 1.56. The first-order valence-electron chi connectivity index (χ1n) is 8.18. The van der Waals surface area contributed by atoms with Gasteiger partial charge in [-0.05, 0) is 36.2 Å². The van der Waals surface area contributed by atoms with Crippen LogP contribution in [-0.4, -0.2) is 46.2 Å². The van der Waals surface area contributed by atoms with Gasteiger partial charge in [0.25, 0.3) is 11.8 Å².